The number of ether oxygens (including phenoxy) is 3. The van der Waals surface area contributed by atoms with Gasteiger partial charge < -0.3 is 19.5 Å². The van der Waals surface area contributed by atoms with Crippen molar-refractivity contribution in [1.82, 2.24) is 9.62 Å². The van der Waals surface area contributed by atoms with Crippen LogP contribution in [0.4, 0.5) is 5.69 Å². The summed E-state index contributed by atoms with van der Waals surface area (Å²) < 4.78 is 70.3. The second-order valence-corrected chi connectivity index (χ2v) is 13.3. The zero-order chi connectivity index (χ0) is 30.4. The van der Waals surface area contributed by atoms with Gasteiger partial charge in [0.15, 0.2) is 11.5 Å². The highest BCUT2D eigenvalue weighted by molar-refractivity contribution is 7.92. The van der Waals surface area contributed by atoms with Crippen molar-refractivity contribution in [2.24, 2.45) is 0 Å². The van der Waals surface area contributed by atoms with E-state index in [-0.39, 0.29) is 28.7 Å². The Morgan fingerprint density at radius 3 is 1.93 bits per heavy atom. The van der Waals surface area contributed by atoms with Gasteiger partial charge in [-0.3, -0.25) is 9.10 Å². The molecule has 222 valence electrons. The van der Waals surface area contributed by atoms with Crippen molar-refractivity contribution in [3.63, 3.8) is 0 Å². The summed E-state index contributed by atoms with van der Waals surface area (Å²) in [4.78, 5) is 13.0. The Kier molecular flexibility index (Phi) is 10.2. The van der Waals surface area contributed by atoms with E-state index in [9.17, 15) is 21.6 Å². The number of rotatable bonds is 13. The third kappa shape index (κ3) is 7.69. The van der Waals surface area contributed by atoms with E-state index in [0.717, 1.165) is 19.7 Å². The van der Waals surface area contributed by atoms with Crippen molar-refractivity contribution in [2.45, 2.75) is 23.6 Å². The molecule has 0 atom stereocenters. The maximum Gasteiger partial charge on any atom is 0.264 e. The Labute approximate surface area is 241 Å². The Bertz CT molecular complexity index is 1570. The maximum absolute atomic E-state index is 13.8. The molecule has 0 saturated heterocycles. The van der Waals surface area contributed by atoms with E-state index in [1.54, 1.807) is 12.1 Å². The summed E-state index contributed by atoms with van der Waals surface area (Å²) in [6.07, 6.45) is 0. The van der Waals surface area contributed by atoms with E-state index in [4.69, 9.17) is 14.2 Å². The van der Waals surface area contributed by atoms with E-state index in [1.165, 1.54) is 70.8 Å². The third-order valence-corrected chi connectivity index (χ3v) is 9.62. The molecule has 0 heterocycles. The number of carbonyl (C=O) groups excluding carboxylic acids is 1. The average molecular weight is 606 g/mol. The van der Waals surface area contributed by atoms with Crippen LogP contribution in [0.5, 0.6) is 17.2 Å². The van der Waals surface area contributed by atoms with E-state index >= 15 is 0 Å². The first-order valence-corrected chi connectivity index (χ1v) is 15.4. The van der Waals surface area contributed by atoms with Gasteiger partial charge in [0, 0.05) is 20.2 Å². The van der Waals surface area contributed by atoms with E-state index in [2.05, 4.69) is 5.32 Å². The number of benzene rings is 3. The number of hydrogen-bond donors (Lipinski definition) is 1. The third-order valence-electron chi connectivity index (χ3n) is 6.02. The van der Waals surface area contributed by atoms with Crippen LogP contribution >= 0.6 is 0 Å². The molecule has 3 aromatic carbocycles. The van der Waals surface area contributed by atoms with Crippen LogP contribution in [0.15, 0.2) is 70.5 Å². The molecule has 11 nitrogen and oxygen atoms in total. The lowest BCUT2D eigenvalue weighted by molar-refractivity contribution is -0.119. The van der Waals surface area contributed by atoms with Crippen LogP contribution in [0.3, 0.4) is 0 Å². The van der Waals surface area contributed by atoms with Crippen molar-refractivity contribution in [2.75, 3.05) is 52.3 Å². The van der Waals surface area contributed by atoms with E-state index < -0.39 is 32.5 Å². The minimum absolute atomic E-state index is 0.0647. The molecule has 13 heteroatoms. The summed E-state index contributed by atoms with van der Waals surface area (Å²) in [5, 5.41) is 2.68. The first kappa shape index (κ1) is 31.7. The molecule has 0 unspecified atom stereocenters. The van der Waals surface area contributed by atoms with Crippen molar-refractivity contribution in [3.05, 3.63) is 71.8 Å². The summed E-state index contributed by atoms with van der Waals surface area (Å²) >= 11 is 0. The van der Waals surface area contributed by atoms with Gasteiger partial charge in [-0.25, -0.2) is 21.1 Å². The van der Waals surface area contributed by atoms with E-state index in [1.807, 2.05) is 19.9 Å². The molecule has 1 N–H and O–H groups in total. The molecule has 0 fully saturated rings. The number of aryl methyl sites for hydroxylation is 2. The van der Waals surface area contributed by atoms with Gasteiger partial charge in [0.1, 0.15) is 18.9 Å². The highest BCUT2D eigenvalue weighted by Crippen LogP contribution is 2.32. The average Bonchev–Trinajstić information content (AvgIpc) is 2.93. The first-order chi connectivity index (χ1) is 19.3. The molecular weight excluding hydrogens is 570 g/mol. The number of nitrogens with one attached hydrogen (secondary N) is 1. The molecule has 3 aromatic rings. The van der Waals surface area contributed by atoms with Gasteiger partial charge in [-0.2, -0.15) is 0 Å². The summed E-state index contributed by atoms with van der Waals surface area (Å²) in [6.45, 7) is 3.39. The summed E-state index contributed by atoms with van der Waals surface area (Å²) in [5.74, 6) is 0.494. The lowest BCUT2D eigenvalue weighted by Crippen LogP contribution is -2.42. The van der Waals surface area contributed by atoms with Gasteiger partial charge in [0.05, 0.1) is 36.2 Å². The number of hydrogen-bond acceptors (Lipinski definition) is 8. The van der Waals surface area contributed by atoms with Crippen LogP contribution in [0.2, 0.25) is 0 Å². The number of sulfonamides is 2. The highest BCUT2D eigenvalue weighted by atomic mass is 32.2. The zero-order valence-corrected chi connectivity index (χ0v) is 25.5. The Balaban J connectivity index is 1.74. The van der Waals surface area contributed by atoms with Crippen LogP contribution in [-0.2, 0) is 24.8 Å². The molecule has 0 bridgehead atoms. The molecule has 3 rings (SSSR count). The Morgan fingerprint density at radius 2 is 1.37 bits per heavy atom. The van der Waals surface area contributed by atoms with Crippen molar-refractivity contribution < 1.29 is 35.8 Å². The fraction of sp³-hybridized carbons (Fsp3) is 0.321. The number of amides is 1. The number of nitrogens with zero attached hydrogens (tertiary/aromatic N) is 2. The minimum Gasteiger partial charge on any atom is -0.493 e. The quantitative estimate of drug-likeness (QED) is 0.294. The van der Waals surface area contributed by atoms with Gasteiger partial charge in [0.2, 0.25) is 15.9 Å². The van der Waals surface area contributed by atoms with Crippen molar-refractivity contribution in [3.8, 4) is 17.2 Å². The smallest absolute Gasteiger partial charge is 0.264 e. The maximum atomic E-state index is 13.8. The number of anilines is 1. The second kappa shape index (κ2) is 13.2. The normalized spacial score (nSPS) is 11.7. The van der Waals surface area contributed by atoms with Crippen molar-refractivity contribution >= 4 is 31.6 Å². The van der Waals surface area contributed by atoms with Crippen LogP contribution < -0.4 is 23.8 Å². The summed E-state index contributed by atoms with van der Waals surface area (Å²) in [7, 11) is -1.99. The van der Waals surface area contributed by atoms with E-state index in [0.29, 0.717) is 17.2 Å². The molecule has 0 saturated carbocycles. The van der Waals surface area contributed by atoms with Gasteiger partial charge in [-0.15, -0.1) is 0 Å². The Hall–Kier alpha value is -3.81. The molecule has 0 aliphatic rings. The fourth-order valence-corrected chi connectivity index (χ4v) is 6.30. The fourth-order valence-electron chi connectivity index (χ4n) is 3.98. The molecular formula is C28H35N3O8S2. The summed E-state index contributed by atoms with van der Waals surface area (Å²) in [5.41, 5.74) is 2.02. The first-order valence-electron chi connectivity index (χ1n) is 12.5. The van der Waals surface area contributed by atoms with Crippen LogP contribution in [0.25, 0.3) is 0 Å². The second-order valence-electron chi connectivity index (χ2n) is 9.33. The van der Waals surface area contributed by atoms with Gasteiger partial charge in [-0.05, 0) is 73.5 Å². The van der Waals surface area contributed by atoms with Crippen molar-refractivity contribution in [1.29, 1.82) is 0 Å². The lowest BCUT2D eigenvalue weighted by Gasteiger charge is -2.25. The molecule has 1 amide bonds. The molecule has 0 aliphatic heterocycles. The topological polar surface area (TPSA) is 132 Å². The lowest BCUT2D eigenvalue weighted by atomic mass is 10.1. The summed E-state index contributed by atoms with van der Waals surface area (Å²) in [6, 6.07) is 15.5. The minimum atomic E-state index is -4.18. The van der Waals surface area contributed by atoms with Gasteiger partial charge in [-0.1, -0.05) is 6.07 Å². The van der Waals surface area contributed by atoms with Crippen LogP contribution in [0.1, 0.15) is 11.1 Å². The highest BCUT2D eigenvalue weighted by Gasteiger charge is 2.28. The molecule has 41 heavy (non-hydrogen) atoms. The monoisotopic (exact) mass is 605 g/mol. The predicted octanol–water partition coefficient (Wildman–Crippen LogP) is 2.96. The SMILES string of the molecule is COc1ccc(S(=O)(=O)N(CC(=O)NCCOc2ccc(S(=O)(=O)N(C)C)cc2)c2cc(C)cc(C)c2)cc1OC. The molecule has 0 aliphatic carbocycles. The van der Waals surface area contributed by atoms with Gasteiger partial charge in [0.25, 0.3) is 10.0 Å². The number of methoxy groups -OCH3 is 2. The standard InChI is InChI=1S/C28H35N3O8S2/c1-20-15-21(2)17-22(16-20)31(41(35,36)25-11-12-26(37-5)27(18-25)38-6)19-28(32)29-13-14-39-23-7-9-24(10-8-23)40(33,34)30(3)4/h7-12,15-18H,13-14,19H2,1-6H3,(H,29,32). The zero-order valence-electron chi connectivity index (χ0n) is 23.9. The van der Waals surface area contributed by atoms with Gasteiger partial charge >= 0.3 is 0 Å². The molecule has 0 radical (unpaired) electrons. The number of carbonyl (C=O) groups is 1. The van der Waals surface area contributed by atoms with Crippen LogP contribution in [0, 0.1) is 13.8 Å². The molecule has 0 aromatic heterocycles. The molecule has 0 spiro atoms. The Morgan fingerprint density at radius 1 is 0.780 bits per heavy atom. The van der Waals surface area contributed by atoms with Crippen LogP contribution in [-0.4, -0.2) is 75.1 Å². The predicted molar refractivity (Wildman–Crippen MR) is 156 cm³/mol. The largest absolute Gasteiger partial charge is 0.493 e.